The van der Waals surface area contributed by atoms with Crippen molar-refractivity contribution in [1.29, 1.82) is 0 Å². The quantitative estimate of drug-likeness (QED) is 0.849. The predicted octanol–water partition coefficient (Wildman–Crippen LogP) is 0.853. The molecule has 4 nitrogen and oxygen atoms in total. The van der Waals surface area contributed by atoms with E-state index in [0.717, 1.165) is 5.56 Å². The van der Waals surface area contributed by atoms with Crippen LogP contribution in [0.25, 0.3) is 0 Å². The zero-order valence-electron chi connectivity index (χ0n) is 10.6. The second-order valence-corrected chi connectivity index (χ2v) is 7.48. The average molecular weight is 268 g/mol. The van der Waals surface area contributed by atoms with Gasteiger partial charge in [0, 0.05) is 18.1 Å². The maximum absolute atomic E-state index is 11.5. The Kier molecular flexibility index (Phi) is 3.75. The topological polar surface area (TPSA) is 72.2 Å². The number of rotatable bonds is 4. The van der Waals surface area contributed by atoms with E-state index in [1.165, 1.54) is 0 Å². The molecular weight excluding hydrogens is 248 g/mol. The van der Waals surface area contributed by atoms with E-state index in [-0.39, 0.29) is 23.1 Å². The standard InChI is InChI=1S/C13H20N2O2S/c1-13(7-8-18(16,17)10-13)15-9-12(14)11-5-3-2-4-6-11/h2-6,12,15H,7-10,14H2,1H3. The molecule has 1 saturated heterocycles. The summed E-state index contributed by atoms with van der Waals surface area (Å²) < 4.78 is 23.0. The van der Waals surface area contributed by atoms with Gasteiger partial charge in [0.2, 0.25) is 0 Å². The molecule has 5 heteroatoms. The maximum atomic E-state index is 11.5. The van der Waals surface area contributed by atoms with Crippen LogP contribution in [0.15, 0.2) is 30.3 Å². The molecule has 1 fully saturated rings. The summed E-state index contributed by atoms with van der Waals surface area (Å²) in [6, 6.07) is 9.73. The van der Waals surface area contributed by atoms with Crippen LogP contribution >= 0.6 is 0 Å². The first-order chi connectivity index (χ1) is 8.40. The highest BCUT2D eigenvalue weighted by atomic mass is 32.2. The molecule has 18 heavy (non-hydrogen) atoms. The lowest BCUT2D eigenvalue weighted by Crippen LogP contribution is -2.46. The van der Waals surface area contributed by atoms with E-state index >= 15 is 0 Å². The highest BCUT2D eigenvalue weighted by Gasteiger charge is 2.37. The summed E-state index contributed by atoms with van der Waals surface area (Å²) in [5.74, 6) is 0.485. The zero-order chi connectivity index (χ0) is 13.2. The van der Waals surface area contributed by atoms with E-state index in [0.29, 0.717) is 13.0 Å². The molecule has 0 saturated carbocycles. The van der Waals surface area contributed by atoms with Gasteiger partial charge in [0.1, 0.15) is 0 Å². The minimum Gasteiger partial charge on any atom is -0.323 e. The van der Waals surface area contributed by atoms with E-state index in [4.69, 9.17) is 5.73 Å². The van der Waals surface area contributed by atoms with Gasteiger partial charge in [0.05, 0.1) is 11.5 Å². The van der Waals surface area contributed by atoms with Crippen LogP contribution < -0.4 is 11.1 Å². The highest BCUT2D eigenvalue weighted by Crippen LogP contribution is 2.23. The number of sulfone groups is 1. The van der Waals surface area contributed by atoms with Gasteiger partial charge in [-0.15, -0.1) is 0 Å². The second kappa shape index (κ2) is 4.99. The van der Waals surface area contributed by atoms with Crippen molar-refractivity contribution in [2.24, 2.45) is 5.73 Å². The number of nitrogens with one attached hydrogen (secondary N) is 1. The fourth-order valence-corrected chi connectivity index (χ4v) is 4.45. The van der Waals surface area contributed by atoms with Crippen molar-refractivity contribution in [3.8, 4) is 0 Å². The van der Waals surface area contributed by atoms with Crippen LogP contribution in [0.5, 0.6) is 0 Å². The van der Waals surface area contributed by atoms with Gasteiger partial charge in [-0.3, -0.25) is 0 Å². The minimum atomic E-state index is -2.87. The number of benzene rings is 1. The lowest BCUT2D eigenvalue weighted by atomic mass is 10.0. The summed E-state index contributed by atoms with van der Waals surface area (Å²) in [6.45, 7) is 2.55. The molecule has 0 aromatic heterocycles. The molecule has 100 valence electrons. The smallest absolute Gasteiger partial charge is 0.152 e. The molecule has 1 aliphatic rings. The minimum absolute atomic E-state index is 0.105. The maximum Gasteiger partial charge on any atom is 0.152 e. The van der Waals surface area contributed by atoms with Crippen molar-refractivity contribution in [2.45, 2.75) is 24.9 Å². The summed E-state index contributed by atoms with van der Waals surface area (Å²) in [4.78, 5) is 0. The van der Waals surface area contributed by atoms with Gasteiger partial charge in [-0.1, -0.05) is 30.3 Å². The van der Waals surface area contributed by atoms with Crippen molar-refractivity contribution >= 4 is 9.84 Å². The van der Waals surface area contributed by atoms with E-state index in [2.05, 4.69) is 5.32 Å². The molecule has 0 amide bonds. The van der Waals surface area contributed by atoms with Gasteiger partial charge in [-0.05, 0) is 18.9 Å². The summed E-state index contributed by atoms with van der Waals surface area (Å²) in [5, 5.41) is 3.31. The van der Waals surface area contributed by atoms with Crippen molar-refractivity contribution < 1.29 is 8.42 Å². The Labute approximate surface area is 108 Å². The first-order valence-corrected chi connectivity index (χ1v) is 7.98. The summed E-state index contributed by atoms with van der Waals surface area (Å²) in [6.07, 6.45) is 0.664. The van der Waals surface area contributed by atoms with Crippen LogP contribution in [0.3, 0.4) is 0 Å². The molecule has 0 radical (unpaired) electrons. The van der Waals surface area contributed by atoms with E-state index in [1.54, 1.807) is 0 Å². The van der Waals surface area contributed by atoms with Crippen molar-refractivity contribution in [1.82, 2.24) is 5.32 Å². The van der Waals surface area contributed by atoms with Crippen LogP contribution in [-0.4, -0.2) is 32.0 Å². The molecule has 0 spiro atoms. The van der Waals surface area contributed by atoms with Gasteiger partial charge in [-0.2, -0.15) is 0 Å². The van der Waals surface area contributed by atoms with Gasteiger partial charge in [-0.25, -0.2) is 8.42 Å². The Balaban J connectivity index is 1.93. The van der Waals surface area contributed by atoms with Crippen LogP contribution in [-0.2, 0) is 9.84 Å². The summed E-state index contributed by atoms with van der Waals surface area (Å²) in [7, 11) is -2.87. The Bertz CT molecular complexity index is 501. The van der Waals surface area contributed by atoms with Crippen molar-refractivity contribution in [2.75, 3.05) is 18.1 Å². The van der Waals surface area contributed by atoms with Crippen LogP contribution in [0.4, 0.5) is 0 Å². The molecule has 3 N–H and O–H groups in total. The van der Waals surface area contributed by atoms with Crippen LogP contribution in [0.2, 0.25) is 0 Å². The second-order valence-electron chi connectivity index (χ2n) is 5.30. The Morgan fingerprint density at radius 3 is 2.61 bits per heavy atom. The summed E-state index contributed by atoms with van der Waals surface area (Å²) in [5.41, 5.74) is 6.82. The third kappa shape index (κ3) is 3.31. The van der Waals surface area contributed by atoms with Crippen molar-refractivity contribution in [3.63, 3.8) is 0 Å². The Morgan fingerprint density at radius 1 is 1.39 bits per heavy atom. The molecule has 2 atom stereocenters. The third-order valence-corrected chi connectivity index (χ3v) is 5.38. The van der Waals surface area contributed by atoms with Crippen LogP contribution in [0, 0.1) is 0 Å². The molecule has 1 aliphatic heterocycles. The number of hydrogen-bond donors (Lipinski definition) is 2. The van der Waals surface area contributed by atoms with Crippen LogP contribution in [0.1, 0.15) is 24.9 Å². The lowest BCUT2D eigenvalue weighted by Gasteiger charge is -2.26. The molecule has 1 heterocycles. The predicted molar refractivity (Wildman–Crippen MR) is 73.0 cm³/mol. The normalized spacial score (nSPS) is 28.1. The lowest BCUT2D eigenvalue weighted by molar-refractivity contribution is 0.383. The average Bonchev–Trinajstić information content (AvgIpc) is 2.62. The van der Waals surface area contributed by atoms with E-state index < -0.39 is 9.84 Å². The highest BCUT2D eigenvalue weighted by molar-refractivity contribution is 7.91. The SMILES string of the molecule is CC1(NCC(N)c2ccccc2)CCS(=O)(=O)C1. The van der Waals surface area contributed by atoms with Gasteiger partial charge >= 0.3 is 0 Å². The molecule has 1 aromatic carbocycles. The monoisotopic (exact) mass is 268 g/mol. The zero-order valence-corrected chi connectivity index (χ0v) is 11.4. The van der Waals surface area contributed by atoms with Crippen molar-refractivity contribution in [3.05, 3.63) is 35.9 Å². The fourth-order valence-electron chi connectivity index (χ4n) is 2.32. The first-order valence-electron chi connectivity index (χ1n) is 6.16. The van der Waals surface area contributed by atoms with E-state index in [9.17, 15) is 8.42 Å². The fraction of sp³-hybridized carbons (Fsp3) is 0.538. The Hall–Kier alpha value is -0.910. The van der Waals surface area contributed by atoms with Gasteiger partial charge < -0.3 is 11.1 Å². The number of nitrogens with two attached hydrogens (primary N) is 1. The molecular formula is C13H20N2O2S. The van der Waals surface area contributed by atoms with Gasteiger partial charge in [0.25, 0.3) is 0 Å². The number of hydrogen-bond acceptors (Lipinski definition) is 4. The third-order valence-electron chi connectivity index (χ3n) is 3.48. The molecule has 0 aliphatic carbocycles. The molecule has 0 bridgehead atoms. The first kappa shape index (κ1) is 13.5. The summed E-state index contributed by atoms with van der Waals surface area (Å²) >= 11 is 0. The largest absolute Gasteiger partial charge is 0.323 e. The Morgan fingerprint density at radius 2 is 2.06 bits per heavy atom. The van der Waals surface area contributed by atoms with Gasteiger partial charge in [0.15, 0.2) is 9.84 Å². The molecule has 1 aromatic rings. The molecule has 2 rings (SSSR count). The molecule has 2 unspecified atom stereocenters. The van der Waals surface area contributed by atoms with E-state index in [1.807, 2.05) is 37.3 Å².